The summed E-state index contributed by atoms with van der Waals surface area (Å²) in [6.07, 6.45) is -0.225. The van der Waals surface area contributed by atoms with Gasteiger partial charge in [0, 0.05) is 6.42 Å². The molecule has 4 N–H and O–H groups in total. The second kappa shape index (κ2) is 6.69. The normalized spacial score (nSPS) is 11.6. The Hall–Kier alpha value is -2.15. The number of primary amides is 1. The second-order valence-corrected chi connectivity index (χ2v) is 4.10. The first-order chi connectivity index (χ1) is 8.90. The summed E-state index contributed by atoms with van der Waals surface area (Å²) in [4.78, 5) is 37.0. The van der Waals surface area contributed by atoms with Crippen LogP contribution in [-0.4, -0.2) is 33.9 Å². The Bertz CT molecular complexity index is 506. The number of amides is 2. The lowest BCUT2D eigenvalue weighted by Crippen LogP contribution is -2.41. The number of halogens is 1. The largest absolute Gasteiger partial charge is 0.480 e. The quantitative estimate of drug-likeness (QED) is 0.644. The van der Waals surface area contributed by atoms with E-state index in [1.54, 1.807) is 0 Å². The summed E-state index contributed by atoms with van der Waals surface area (Å²) in [7, 11) is 0. The van der Waals surface area contributed by atoms with Gasteiger partial charge in [0.2, 0.25) is 5.91 Å². The van der Waals surface area contributed by atoms with E-state index in [1.165, 1.54) is 18.2 Å². The fourth-order valence-electron chi connectivity index (χ4n) is 1.31. The van der Waals surface area contributed by atoms with Gasteiger partial charge in [-0.05, 0) is 18.6 Å². The topological polar surface area (TPSA) is 122 Å². The molecule has 7 nitrogen and oxygen atoms in total. The molecular weight excluding hydrogens is 274 g/mol. The van der Waals surface area contributed by atoms with E-state index < -0.39 is 23.8 Å². The van der Waals surface area contributed by atoms with E-state index in [0.717, 1.165) is 0 Å². The van der Waals surface area contributed by atoms with Crippen LogP contribution in [0.5, 0.6) is 0 Å². The van der Waals surface area contributed by atoms with Gasteiger partial charge in [-0.3, -0.25) is 9.59 Å². The maximum absolute atomic E-state index is 11.7. The number of nitrogens with one attached hydrogen (secondary N) is 1. The van der Waals surface area contributed by atoms with Crippen LogP contribution in [0, 0.1) is 0 Å². The molecule has 1 heterocycles. The van der Waals surface area contributed by atoms with E-state index in [-0.39, 0.29) is 23.7 Å². The predicted molar refractivity (Wildman–Crippen MR) is 66.6 cm³/mol. The number of nitrogens with zero attached hydrogens (tertiary/aromatic N) is 1. The summed E-state index contributed by atoms with van der Waals surface area (Å²) in [5, 5.41) is 11.3. The summed E-state index contributed by atoms with van der Waals surface area (Å²) in [5.74, 6) is -2.57. The molecule has 0 aliphatic carbocycles. The number of hydrogen-bond acceptors (Lipinski definition) is 4. The van der Waals surface area contributed by atoms with Crippen LogP contribution < -0.4 is 11.1 Å². The fourth-order valence-corrected chi connectivity index (χ4v) is 1.47. The molecule has 1 aromatic rings. The van der Waals surface area contributed by atoms with Gasteiger partial charge in [-0.1, -0.05) is 17.7 Å². The molecular formula is C11H12ClN3O4. The van der Waals surface area contributed by atoms with Gasteiger partial charge in [0.15, 0.2) is 0 Å². The van der Waals surface area contributed by atoms with E-state index in [0.29, 0.717) is 0 Å². The molecule has 0 spiro atoms. The van der Waals surface area contributed by atoms with Crippen LogP contribution in [0.2, 0.25) is 5.15 Å². The Morgan fingerprint density at radius 3 is 2.63 bits per heavy atom. The molecule has 0 aromatic carbocycles. The molecule has 0 radical (unpaired) electrons. The van der Waals surface area contributed by atoms with E-state index in [1.807, 2.05) is 0 Å². The van der Waals surface area contributed by atoms with Gasteiger partial charge in [-0.25, -0.2) is 9.78 Å². The van der Waals surface area contributed by atoms with Crippen molar-refractivity contribution in [2.75, 3.05) is 0 Å². The number of pyridine rings is 1. The Morgan fingerprint density at radius 2 is 2.11 bits per heavy atom. The second-order valence-electron chi connectivity index (χ2n) is 3.71. The Kier molecular flexibility index (Phi) is 5.25. The molecule has 2 amide bonds. The molecule has 102 valence electrons. The number of carboxylic acids is 1. The van der Waals surface area contributed by atoms with Crippen molar-refractivity contribution in [3.8, 4) is 0 Å². The molecule has 0 aliphatic heterocycles. The fraction of sp³-hybridized carbons (Fsp3) is 0.273. The number of nitrogens with two attached hydrogens (primary N) is 1. The first-order valence-electron chi connectivity index (χ1n) is 5.34. The van der Waals surface area contributed by atoms with Crippen molar-refractivity contribution in [2.24, 2.45) is 5.73 Å². The third-order valence-electron chi connectivity index (χ3n) is 2.23. The van der Waals surface area contributed by atoms with Gasteiger partial charge in [0.1, 0.15) is 16.9 Å². The third-order valence-corrected chi connectivity index (χ3v) is 2.44. The first-order valence-corrected chi connectivity index (χ1v) is 5.72. The van der Waals surface area contributed by atoms with Crippen LogP contribution >= 0.6 is 11.6 Å². The van der Waals surface area contributed by atoms with E-state index >= 15 is 0 Å². The Morgan fingerprint density at radius 1 is 1.42 bits per heavy atom. The molecule has 1 aromatic heterocycles. The molecule has 0 saturated heterocycles. The zero-order valence-corrected chi connectivity index (χ0v) is 10.6. The average Bonchev–Trinajstić information content (AvgIpc) is 2.33. The van der Waals surface area contributed by atoms with E-state index in [4.69, 9.17) is 22.4 Å². The summed E-state index contributed by atoms with van der Waals surface area (Å²) in [6.45, 7) is 0. The van der Waals surface area contributed by atoms with E-state index in [9.17, 15) is 14.4 Å². The average molecular weight is 286 g/mol. The van der Waals surface area contributed by atoms with Crippen LogP contribution in [-0.2, 0) is 9.59 Å². The van der Waals surface area contributed by atoms with Crippen molar-refractivity contribution < 1.29 is 19.5 Å². The van der Waals surface area contributed by atoms with E-state index in [2.05, 4.69) is 10.3 Å². The summed E-state index contributed by atoms with van der Waals surface area (Å²) in [6, 6.07) is 3.19. The van der Waals surface area contributed by atoms with Crippen molar-refractivity contribution in [1.82, 2.24) is 10.3 Å². The standard InChI is InChI=1S/C11H12ClN3O4/c12-8-3-1-2-6(14-8)10(17)15-7(11(18)19)4-5-9(13)16/h1-3,7H,4-5H2,(H2,13,16)(H,15,17)(H,18,19). The van der Waals surface area contributed by atoms with Gasteiger partial charge in [-0.15, -0.1) is 0 Å². The molecule has 1 atom stereocenters. The SMILES string of the molecule is NC(=O)CCC(NC(=O)c1cccc(Cl)n1)C(=O)O. The van der Waals surface area contributed by atoms with Gasteiger partial charge in [-0.2, -0.15) is 0 Å². The number of carboxylic acid groups (broad SMARTS) is 1. The number of hydrogen-bond donors (Lipinski definition) is 3. The minimum atomic E-state index is -1.25. The van der Waals surface area contributed by atoms with Crippen LogP contribution in [0.1, 0.15) is 23.3 Å². The molecule has 1 unspecified atom stereocenters. The number of carbonyl (C=O) groups excluding carboxylic acids is 2. The van der Waals surface area contributed by atoms with Crippen LogP contribution in [0.15, 0.2) is 18.2 Å². The molecule has 0 aliphatic rings. The van der Waals surface area contributed by atoms with Gasteiger partial charge in [0.05, 0.1) is 0 Å². The van der Waals surface area contributed by atoms with Crippen molar-refractivity contribution in [3.63, 3.8) is 0 Å². The van der Waals surface area contributed by atoms with Crippen molar-refractivity contribution >= 4 is 29.4 Å². The zero-order valence-electron chi connectivity index (χ0n) is 9.80. The number of aliphatic carboxylic acids is 1. The maximum Gasteiger partial charge on any atom is 0.326 e. The number of aromatic nitrogens is 1. The highest BCUT2D eigenvalue weighted by Gasteiger charge is 2.21. The van der Waals surface area contributed by atoms with Crippen molar-refractivity contribution in [1.29, 1.82) is 0 Å². The maximum atomic E-state index is 11.7. The minimum absolute atomic E-state index is 0.00201. The van der Waals surface area contributed by atoms with Crippen LogP contribution in [0.3, 0.4) is 0 Å². The Labute approximate surface area is 113 Å². The summed E-state index contributed by atoms with van der Waals surface area (Å²) >= 11 is 5.62. The highest BCUT2D eigenvalue weighted by atomic mass is 35.5. The molecule has 19 heavy (non-hydrogen) atoms. The first kappa shape index (κ1) is 14.9. The minimum Gasteiger partial charge on any atom is -0.480 e. The van der Waals surface area contributed by atoms with Crippen molar-refractivity contribution in [2.45, 2.75) is 18.9 Å². The van der Waals surface area contributed by atoms with Crippen molar-refractivity contribution in [3.05, 3.63) is 29.0 Å². The highest BCUT2D eigenvalue weighted by Crippen LogP contribution is 2.06. The lowest BCUT2D eigenvalue weighted by atomic mass is 10.1. The third kappa shape index (κ3) is 4.92. The predicted octanol–water partition coefficient (Wildman–Crippen LogP) is 0.183. The molecule has 0 bridgehead atoms. The highest BCUT2D eigenvalue weighted by molar-refractivity contribution is 6.29. The Balaban J connectivity index is 2.71. The smallest absolute Gasteiger partial charge is 0.326 e. The summed E-state index contributed by atoms with van der Waals surface area (Å²) in [5.41, 5.74) is 4.93. The molecule has 0 fully saturated rings. The molecule has 8 heteroatoms. The number of rotatable bonds is 6. The molecule has 0 saturated carbocycles. The monoisotopic (exact) mass is 285 g/mol. The number of carbonyl (C=O) groups is 3. The molecule has 1 rings (SSSR count). The zero-order chi connectivity index (χ0) is 14.4. The van der Waals surface area contributed by atoms with Gasteiger partial charge in [0.25, 0.3) is 5.91 Å². The lowest BCUT2D eigenvalue weighted by molar-refractivity contribution is -0.139. The van der Waals surface area contributed by atoms with Gasteiger partial charge < -0.3 is 16.2 Å². The van der Waals surface area contributed by atoms with Crippen LogP contribution in [0.4, 0.5) is 0 Å². The lowest BCUT2D eigenvalue weighted by Gasteiger charge is -2.13. The summed E-state index contributed by atoms with van der Waals surface area (Å²) < 4.78 is 0. The van der Waals surface area contributed by atoms with Crippen LogP contribution in [0.25, 0.3) is 0 Å². The van der Waals surface area contributed by atoms with Gasteiger partial charge >= 0.3 is 5.97 Å².